The van der Waals surface area contributed by atoms with E-state index in [1.165, 1.54) is 31.1 Å². The first-order chi connectivity index (χ1) is 11.8. The van der Waals surface area contributed by atoms with E-state index in [-0.39, 0.29) is 5.91 Å². The van der Waals surface area contributed by atoms with E-state index in [4.69, 9.17) is 4.42 Å². The summed E-state index contributed by atoms with van der Waals surface area (Å²) in [7, 11) is 0. The molecule has 1 fully saturated rings. The molecular formula is C21H23NO2. The smallest absolute Gasteiger partial charge is 0.224 e. The molecule has 4 rings (SSSR count). The molecule has 3 nitrogen and oxygen atoms in total. The molecule has 3 heteroatoms. The van der Waals surface area contributed by atoms with Crippen LogP contribution < -0.4 is 5.32 Å². The fraction of sp³-hybridized carbons (Fsp3) is 0.381. The monoisotopic (exact) mass is 321 g/mol. The number of hydrogen-bond acceptors (Lipinski definition) is 2. The molecule has 0 radical (unpaired) electrons. The van der Waals surface area contributed by atoms with Crippen molar-refractivity contribution in [3.63, 3.8) is 0 Å². The molecule has 124 valence electrons. The van der Waals surface area contributed by atoms with Crippen molar-refractivity contribution in [2.24, 2.45) is 0 Å². The summed E-state index contributed by atoms with van der Waals surface area (Å²) in [5, 5.41) is 6.63. The molecule has 1 amide bonds. The van der Waals surface area contributed by atoms with E-state index in [1.807, 2.05) is 18.2 Å². The molecule has 24 heavy (non-hydrogen) atoms. The van der Waals surface area contributed by atoms with E-state index >= 15 is 0 Å². The quantitative estimate of drug-likeness (QED) is 0.692. The van der Waals surface area contributed by atoms with Crippen LogP contribution in [0.15, 0.2) is 47.1 Å². The van der Waals surface area contributed by atoms with E-state index in [9.17, 15) is 4.79 Å². The first-order valence-corrected chi connectivity index (χ1v) is 8.98. The van der Waals surface area contributed by atoms with Gasteiger partial charge in [-0.3, -0.25) is 4.79 Å². The second kappa shape index (κ2) is 6.68. The number of benzene rings is 2. The summed E-state index contributed by atoms with van der Waals surface area (Å²) >= 11 is 0. The van der Waals surface area contributed by atoms with Crippen molar-refractivity contribution in [1.82, 2.24) is 5.32 Å². The molecule has 1 N–H and O–H groups in total. The van der Waals surface area contributed by atoms with Gasteiger partial charge in [-0.1, -0.05) is 56.0 Å². The highest BCUT2D eigenvalue weighted by Crippen LogP contribution is 2.30. The second-order valence-corrected chi connectivity index (χ2v) is 6.85. The minimum Gasteiger partial charge on any atom is -0.464 e. The number of furan rings is 1. The lowest BCUT2D eigenvalue weighted by atomic mass is 10.0. The van der Waals surface area contributed by atoms with Crippen LogP contribution in [0.25, 0.3) is 21.7 Å². The maximum absolute atomic E-state index is 12.5. The van der Waals surface area contributed by atoms with Crippen molar-refractivity contribution in [2.45, 2.75) is 51.0 Å². The molecule has 2 aromatic carbocycles. The lowest BCUT2D eigenvalue weighted by Gasteiger charge is -2.16. The summed E-state index contributed by atoms with van der Waals surface area (Å²) in [5.74, 6) is 0.109. The van der Waals surface area contributed by atoms with Gasteiger partial charge in [0.2, 0.25) is 5.91 Å². The first kappa shape index (κ1) is 15.3. The Morgan fingerprint density at radius 1 is 1.04 bits per heavy atom. The van der Waals surface area contributed by atoms with Crippen LogP contribution in [-0.2, 0) is 11.2 Å². The van der Waals surface area contributed by atoms with Crippen molar-refractivity contribution in [3.05, 3.63) is 48.2 Å². The van der Waals surface area contributed by atoms with Crippen molar-refractivity contribution >= 4 is 27.6 Å². The number of carbonyl (C=O) groups is 1. The third-order valence-electron chi connectivity index (χ3n) is 5.11. The Balaban J connectivity index is 1.57. The fourth-order valence-electron chi connectivity index (χ4n) is 3.88. The Morgan fingerprint density at radius 2 is 1.83 bits per heavy atom. The standard InChI is InChI=1S/C21H23NO2/c23-20(22-17-8-3-1-2-4-9-17)13-16-14-24-19-12-11-15-7-5-6-10-18(15)21(16)19/h5-7,10-12,14,17H,1-4,8-9,13H2,(H,22,23). The zero-order chi connectivity index (χ0) is 16.4. The van der Waals surface area contributed by atoms with Crippen LogP contribution in [0.3, 0.4) is 0 Å². The maximum atomic E-state index is 12.5. The van der Waals surface area contributed by atoms with Gasteiger partial charge in [0.15, 0.2) is 0 Å². The molecule has 0 atom stereocenters. The van der Waals surface area contributed by atoms with Gasteiger partial charge in [-0.2, -0.15) is 0 Å². The predicted octanol–water partition coefficient (Wildman–Crippen LogP) is 4.97. The zero-order valence-corrected chi connectivity index (χ0v) is 13.9. The number of hydrogen-bond donors (Lipinski definition) is 1. The topological polar surface area (TPSA) is 42.2 Å². The number of nitrogens with one attached hydrogen (secondary N) is 1. The van der Waals surface area contributed by atoms with E-state index in [0.29, 0.717) is 12.5 Å². The van der Waals surface area contributed by atoms with Gasteiger partial charge in [0.05, 0.1) is 12.7 Å². The lowest BCUT2D eigenvalue weighted by molar-refractivity contribution is -0.121. The number of rotatable bonds is 3. The highest BCUT2D eigenvalue weighted by molar-refractivity contribution is 6.08. The van der Waals surface area contributed by atoms with Crippen molar-refractivity contribution in [3.8, 4) is 0 Å². The summed E-state index contributed by atoms with van der Waals surface area (Å²) < 4.78 is 5.69. The number of carbonyl (C=O) groups excluding carboxylic acids is 1. The highest BCUT2D eigenvalue weighted by Gasteiger charge is 2.17. The fourth-order valence-corrected chi connectivity index (χ4v) is 3.88. The minimum absolute atomic E-state index is 0.109. The summed E-state index contributed by atoms with van der Waals surface area (Å²) in [6.07, 6.45) is 9.40. The van der Waals surface area contributed by atoms with Gasteiger partial charge in [0.25, 0.3) is 0 Å². The van der Waals surface area contributed by atoms with Crippen LogP contribution in [0.1, 0.15) is 44.1 Å². The van der Waals surface area contributed by atoms with E-state index in [2.05, 4.69) is 23.5 Å². The summed E-state index contributed by atoms with van der Waals surface area (Å²) in [6, 6.07) is 12.7. The molecular weight excluding hydrogens is 298 g/mol. The van der Waals surface area contributed by atoms with E-state index < -0.39 is 0 Å². The minimum atomic E-state index is 0.109. The van der Waals surface area contributed by atoms with Gasteiger partial charge in [-0.05, 0) is 29.7 Å². The number of fused-ring (bicyclic) bond motifs is 3. The van der Waals surface area contributed by atoms with Gasteiger partial charge in [-0.15, -0.1) is 0 Å². The average molecular weight is 321 g/mol. The molecule has 0 unspecified atom stereocenters. The number of amides is 1. The summed E-state index contributed by atoms with van der Waals surface area (Å²) in [5.41, 5.74) is 1.83. The molecule has 1 heterocycles. The maximum Gasteiger partial charge on any atom is 0.224 e. The molecule has 1 aliphatic rings. The van der Waals surface area contributed by atoms with Gasteiger partial charge in [-0.25, -0.2) is 0 Å². The van der Waals surface area contributed by atoms with Crippen LogP contribution in [0.2, 0.25) is 0 Å². The molecule has 1 aliphatic carbocycles. The summed E-state index contributed by atoms with van der Waals surface area (Å²) in [4.78, 5) is 12.5. The van der Waals surface area contributed by atoms with Crippen molar-refractivity contribution in [1.29, 1.82) is 0 Å². The Morgan fingerprint density at radius 3 is 2.67 bits per heavy atom. The van der Waals surface area contributed by atoms with Gasteiger partial charge in [0.1, 0.15) is 5.58 Å². The highest BCUT2D eigenvalue weighted by atomic mass is 16.3. The van der Waals surface area contributed by atoms with E-state index in [1.54, 1.807) is 6.26 Å². The third kappa shape index (κ3) is 3.03. The van der Waals surface area contributed by atoms with Gasteiger partial charge >= 0.3 is 0 Å². The molecule has 1 saturated carbocycles. The Hall–Kier alpha value is -2.29. The summed E-state index contributed by atoms with van der Waals surface area (Å²) in [6.45, 7) is 0. The van der Waals surface area contributed by atoms with Crippen LogP contribution in [0.5, 0.6) is 0 Å². The van der Waals surface area contributed by atoms with Gasteiger partial charge in [0, 0.05) is 17.0 Å². The zero-order valence-electron chi connectivity index (χ0n) is 13.9. The molecule has 0 saturated heterocycles. The van der Waals surface area contributed by atoms with Crippen LogP contribution in [0, 0.1) is 0 Å². The van der Waals surface area contributed by atoms with Crippen LogP contribution in [-0.4, -0.2) is 11.9 Å². The third-order valence-corrected chi connectivity index (χ3v) is 5.11. The second-order valence-electron chi connectivity index (χ2n) is 6.85. The van der Waals surface area contributed by atoms with Crippen LogP contribution >= 0.6 is 0 Å². The largest absolute Gasteiger partial charge is 0.464 e. The van der Waals surface area contributed by atoms with Crippen molar-refractivity contribution in [2.75, 3.05) is 0 Å². The van der Waals surface area contributed by atoms with Gasteiger partial charge < -0.3 is 9.73 Å². The average Bonchev–Trinajstić information content (AvgIpc) is 2.83. The predicted molar refractivity (Wildman–Crippen MR) is 97.1 cm³/mol. The van der Waals surface area contributed by atoms with Crippen molar-refractivity contribution < 1.29 is 9.21 Å². The molecule has 0 bridgehead atoms. The molecule has 3 aromatic rings. The molecule has 0 aliphatic heterocycles. The lowest BCUT2D eigenvalue weighted by Crippen LogP contribution is -2.35. The van der Waals surface area contributed by atoms with E-state index in [0.717, 1.165) is 34.8 Å². The van der Waals surface area contributed by atoms with Crippen LogP contribution in [0.4, 0.5) is 0 Å². The molecule has 1 aromatic heterocycles. The first-order valence-electron chi connectivity index (χ1n) is 8.98. The normalized spacial score (nSPS) is 16.3. The molecule has 0 spiro atoms. The Bertz CT molecular complexity index is 857. The SMILES string of the molecule is O=C(Cc1coc2ccc3ccccc3c12)NC1CCCCCC1. The Labute approximate surface area is 142 Å². The Kier molecular flexibility index (Phi) is 4.24.